The maximum absolute atomic E-state index is 13.5. The molecule has 0 saturated carbocycles. The third-order valence-corrected chi connectivity index (χ3v) is 5.36. The number of nitrogen functional groups attached to an aromatic ring is 1. The van der Waals surface area contributed by atoms with Crippen molar-refractivity contribution in [1.29, 1.82) is 0 Å². The lowest BCUT2D eigenvalue weighted by molar-refractivity contribution is 0.00940. The predicted molar refractivity (Wildman–Crippen MR) is 74.2 cm³/mol. The van der Waals surface area contributed by atoms with Crippen molar-refractivity contribution in [3.8, 4) is 0 Å². The summed E-state index contributed by atoms with van der Waals surface area (Å²) < 4.78 is 39.8. The van der Waals surface area contributed by atoms with Crippen LogP contribution in [-0.2, 0) is 10.0 Å². The molecule has 0 aromatic heterocycles. The van der Waals surface area contributed by atoms with E-state index < -0.39 is 21.4 Å². The second-order valence-corrected chi connectivity index (χ2v) is 7.52. The van der Waals surface area contributed by atoms with Gasteiger partial charge in [-0.2, -0.15) is 4.31 Å². The average Bonchev–Trinajstić information content (AvgIpc) is 2.34. The van der Waals surface area contributed by atoms with Crippen LogP contribution >= 0.6 is 0 Å². The number of sulfonamides is 1. The Bertz CT molecular complexity index is 605. The Kier molecular flexibility index (Phi) is 3.79. The van der Waals surface area contributed by atoms with Crippen LogP contribution in [0.1, 0.15) is 25.3 Å². The zero-order chi connectivity index (χ0) is 15.1. The first kappa shape index (κ1) is 15.2. The number of hydrogen-bond acceptors (Lipinski definition) is 4. The molecule has 2 rings (SSSR count). The van der Waals surface area contributed by atoms with Crippen LogP contribution in [0.4, 0.5) is 10.1 Å². The zero-order valence-electron chi connectivity index (χ0n) is 11.6. The molecule has 0 radical (unpaired) electrons. The maximum atomic E-state index is 13.5. The van der Waals surface area contributed by atoms with Gasteiger partial charge in [0.15, 0.2) is 0 Å². The molecule has 1 saturated heterocycles. The average molecular weight is 302 g/mol. The van der Waals surface area contributed by atoms with E-state index in [1.807, 2.05) is 0 Å². The van der Waals surface area contributed by atoms with Crippen LogP contribution in [0.15, 0.2) is 17.0 Å². The fourth-order valence-corrected chi connectivity index (χ4v) is 4.16. The lowest BCUT2D eigenvalue weighted by atomic mass is 9.97. The topological polar surface area (TPSA) is 83.6 Å². The van der Waals surface area contributed by atoms with E-state index >= 15 is 0 Å². The molecule has 7 heteroatoms. The number of halogens is 1. The van der Waals surface area contributed by atoms with Crippen molar-refractivity contribution < 1.29 is 17.9 Å². The van der Waals surface area contributed by atoms with E-state index in [2.05, 4.69) is 0 Å². The van der Waals surface area contributed by atoms with Crippen molar-refractivity contribution in [1.82, 2.24) is 4.31 Å². The van der Waals surface area contributed by atoms with E-state index in [9.17, 15) is 17.9 Å². The fourth-order valence-electron chi connectivity index (χ4n) is 2.44. The third kappa shape index (κ3) is 2.79. The van der Waals surface area contributed by atoms with E-state index in [0.29, 0.717) is 19.4 Å². The van der Waals surface area contributed by atoms with E-state index in [1.165, 1.54) is 17.3 Å². The molecule has 1 heterocycles. The van der Waals surface area contributed by atoms with Gasteiger partial charge in [-0.1, -0.05) is 0 Å². The lowest BCUT2D eigenvalue weighted by Gasteiger charge is -2.36. The van der Waals surface area contributed by atoms with Crippen molar-refractivity contribution in [2.45, 2.75) is 37.2 Å². The van der Waals surface area contributed by atoms with Crippen molar-refractivity contribution in [3.05, 3.63) is 23.5 Å². The highest BCUT2D eigenvalue weighted by molar-refractivity contribution is 7.89. The number of nitrogens with zero attached hydrogens (tertiary/aromatic N) is 1. The Morgan fingerprint density at radius 2 is 2.10 bits per heavy atom. The summed E-state index contributed by atoms with van der Waals surface area (Å²) in [4.78, 5) is -0.0356. The summed E-state index contributed by atoms with van der Waals surface area (Å²) in [5.41, 5.74) is 4.46. The van der Waals surface area contributed by atoms with Gasteiger partial charge in [-0.3, -0.25) is 0 Å². The molecule has 20 heavy (non-hydrogen) atoms. The number of β-amino-alcohol motifs (C(OH)–C–C–N with tert-alkyl or cyclic N) is 1. The highest BCUT2D eigenvalue weighted by atomic mass is 32.2. The number of aliphatic hydroxyl groups is 1. The van der Waals surface area contributed by atoms with Gasteiger partial charge in [0.2, 0.25) is 10.0 Å². The third-order valence-electron chi connectivity index (χ3n) is 3.53. The number of piperidine rings is 1. The normalized spacial score (nSPS) is 24.8. The molecule has 0 bridgehead atoms. The van der Waals surface area contributed by atoms with E-state index in [1.54, 1.807) is 6.92 Å². The van der Waals surface area contributed by atoms with Gasteiger partial charge in [0.25, 0.3) is 0 Å². The smallest absolute Gasteiger partial charge is 0.243 e. The molecular formula is C13H19FN2O3S. The van der Waals surface area contributed by atoms with Gasteiger partial charge in [0.1, 0.15) is 5.82 Å². The Labute approximate surface area is 118 Å². The quantitative estimate of drug-likeness (QED) is 0.805. The van der Waals surface area contributed by atoms with Crippen LogP contribution in [0.3, 0.4) is 0 Å². The molecule has 1 aliphatic heterocycles. The summed E-state index contributed by atoms with van der Waals surface area (Å²) in [6, 6.07) is 2.39. The second-order valence-electron chi connectivity index (χ2n) is 5.58. The molecular weight excluding hydrogens is 283 g/mol. The summed E-state index contributed by atoms with van der Waals surface area (Å²) in [5, 5.41) is 10.0. The highest BCUT2D eigenvalue weighted by Crippen LogP contribution is 2.28. The molecule has 0 amide bonds. The summed E-state index contributed by atoms with van der Waals surface area (Å²) in [5.74, 6) is -0.602. The molecule has 1 unspecified atom stereocenters. The first-order chi connectivity index (χ1) is 9.13. The molecule has 1 aliphatic rings. The minimum atomic E-state index is -3.77. The van der Waals surface area contributed by atoms with Crippen molar-refractivity contribution in [2.24, 2.45) is 0 Å². The van der Waals surface area contributed by atoms with Crippen LogP contribution in [0.25, 0.3) is 0 Å². The van der Waals surface area contributed by atoms with E-state index in [0.717, 1.165) is 6.07 Å². The molecule has 112 valence electrons. The number of aryl methyl sites for hydroxylation is 1. The lowest BCUT2D eigenvalue weighted by Crippen LogP contribution is -2.48. The monoisotopic (exact) mass is 302 g/mol. The van der Waals surface area contributed by atoms with Gasteiger partial charge in [-0.25, -0.2) is 12.8 Å². The number of rotatable bonds is 2. The molecule has 5 nitrogen and oxygen atoms in total. The van der Waals surface area contributed by atoms with Crippen LogP contribution in [0.5, 0.6) is 0 Å². The Morgan fingerprint density at radius 1 is 1.45 bits per heavy atom. The summed E-state index contributed by atoms with van der Waals surface area (Å²) >= 11 is 0. The predicted octanol–water partition coefficient (Wildman–Crippen LogP) is 1.25. The minimum Gasteiger partial charge on any atom is -0.396 e. The number of nitrogens with two attached hydrogens (primary N) is 1. The van der Waals surface area contributed by atoms with Gasteiger partial charge in [-0.05, 0) is 44.4 Å². The second kappa shape index (κ2) is 4.98. The molecule has 0 aliphatic carbocycles. The minimum absolute atomic E-state index is 0.0334. The molecule has 1 atom stereocenters. The highest BCUT2D eigenvalue weighted by Gasteiger charge is 2.35. The molecule has 3 N–H and O–H groups in total. The zero-order valence-corrected chi connectivity index (χ0v) is 12.4. The maximum Gasteiger partial charge on any atom is 0.243 e. The van der Waals surface area contributed by atoms with Gasteiger partial charge < -0.3 is 10.8 Å². The number of anilines is 1. The SMILES string of the molecule is Cc1cc(S(=O)(=O)N2CCCC(C)(O)C2)cc(N)c1F. The van der Waals surface area contributed by atoms with Crippen LogP contribution < -0.4 is 5.73 Å². The first-order valence-electron chi connectivity index (χ1n) is 6.42. The van der Waals surface area contributed by atoms with Gasteiger partial charge in [0, 0.05) is 13.1 Å². The molecule has 1 aromatic rings. The number of hydrogen-bond donors (Lipinski definition) is 2. The van der Waals surface area contributed by atoms with E-state index in [4.69, 9.17) is 5.73 Å². The molecule has 1 fully saturated rings. The van der Waals surface area contributed by atoms with Crippen molar-refractivity contribution in [3.63, 3.8) is 0 Å². The first-order valence-corrected chi connectivity index (χ1v) is 7.86. The summed E-state index contributed by atoms with van der Waals surface area (Å²) in [7, 11) is -3.77. The van der Waals surface area contributed by atoms with Crippen molar-refractivity contribution >= 4 is 15.7 Å². The van der Waals surface area contributed by atoms with E-state index in [-0.39, 0.29) is 22.7 Å². The number of benzene rings is 1. The van der Waals surface area contributed by atoms with Gasteiger partial charge in [-0.15, -0.1) is 0 Å². The Hall–Kier alpha value is -1.18. The molecule has 0 spiro atoms. The van der Waals surface area contributed by atoms with Crippen molar-refractivity contribution in [2.75, 3.05) is 18.8 Å². The van der Waals surface area contributed by atoms with Crippen LogP contribution in [0, 0.1) is 12.7 Å². The van der Waals surface area contributed by atoms with Gasteiger partial charge >= 0.3 is 0 Å². The van der Waals surface area contributed by atoms with Gasteiger partial charge in [0.05, 0.1) is 16.2 Å². The molecule has 1 aromatic carbocycles. The Balaban J connectivity index is 2.40. The van der Waals surface area contributed by atoms with Crippen LogP contribution in [0.2, 0.25) is 0 Å². The van der Waals surface area contributed by atoms with Crippen LogP contribution in [-0.4, -0.2) is 36.5 Å². The standard InChI is InChI=1S/C13H19FN2O3S/c1-9-6-10(7-11(15)12(9)14)20(18,19)16-5-3-4-13(2,17)8-16/h6-7,17H,3-5,8,15H2,1-2H3. The Morgan fingerprint density at radius 3 is 2.65 bits per heavy atom. The largest absolute Gasteiger partial charge is 0.396 e. The summed E-state index contributed by atoms with van der Waals surface area (Å²) in [6.07, 6.45) is 1.14. The summed E-state index contributed by atoms with van der Waals surface area (Å²) in [6.45, 7) is 3.45. The fraction of sp³-hybridized carbons (Fsp3) is 0.538.